The van der Waals surface area contributed by atoms with E-state index in [1.165, 1.54) is 29.7 Å². The van der Waals surface area contributed by atoms with Gasteiger partial charge in [-0.3, -0.25) is 5.01 Å². The molecule has 0 N–H and O–H groups in total. The van der Waals surface area contributed by atoms with E-state index in [1.54, 1.807) is 0 Å². The van der Waals surface area contributed by atoms with E-state index in [1.807, 2.05) is 30.3 Å². The Bertz CT molecular complexity index is 587. The summed E-state index contributed by atoms with van der Waals surface area (Å²) in [5.41, 5.74) is 5.07. The Balaban J connectivity index is 1.93. The molecule has 3 rings (SSSR count). The van der Waals surface area contributed by atoms with Gasteiger partial charge in [-0.1, -0.05) is 42.5 Å². The fourth-order valence-corrected chi connectivity index (χ4v) is 2.59. The van der Waals surface area contributed by atoms with Crippen molar-refractivity contribution < 1.29 is 0 Å². The van der Waals surface area contributed by atoms with Gasteiger partial charge in [-0.25, -0.2) is 0 Å². The fourth-order valence-electron chi connectivity index (χ4n) is 2.59. The number of hydrogen-bond acceptors (Lipinski definition) is 2. The van der Waals surface area contributed by atoms with Gasteiger partial charge in [0.1, 0.15) is 0 Å². The average Bonchev–Trinajstić information content (AvgIpc) is 2.48. The van der Waals surface area contributed by atoms with Crippen LogP contribution in [0.4, 0.5) is 5.69 Å². The van der Waals surface area contributed by atoms with Gasteiger partial charge in [0, 0.05) is 12.6 Å². The number of nitrogens with zero attached hydrogens (tertiary/aromatic N) is 2. The minimum atomic E-state index is 1.06. The van der Waals surface area contributed by atoms with Gasteiger partial charge in [-0.15, -0.1) is 0 Å². The van der Waals surface area contributed by atoms with Crippen LogP contribution in [0.15, 0.2) is 59.7 Å². The van der Waals surface area contributed by atoms with Crippen molar-refractivity contribution in [2.45, 2.75) is 19.3 Å². The Kier molecular flexibility index (Phi) is 3.32. The molecule has 19 heavy (non-hydrogen) atoms. The zero-order valence-corrected chi connectivity index (χ0v) is 11.2. The molecule has 0 amide bonds. The fraction of sp³-hybridized carbons (Fsp3) is 0.235. The van der Waals surface area contributed by atoms with Crippen LogP contribution in [0.5, 0.6) is 0 Å². The van der Waals surface area contributed by atoms with Gasteiger partial charge < -0.3 is 0 Å². The third-order valence-corrected chi connectivity index (χ3v) is 3.59. The molecule has 0 radical (unpaired) electrons. The number of rotatable bonds is 2. The summed E-state index contributed by atoms with van der Waals surface area (Å²) < 4.78 is 0. The van der Waals surface area contributed by atoms with Crippen LogP contribution in [0.2, 0.25) is 0 Å². The Morgan fingerprint density at radius 1 is 0.895 bits per heavy atom. The van der Waals surface area contributed by atoms with Gasteiger partial charge in [-0.05, 0) is 37.0 Å². The van der Waals surface area contributed by atoms with Crippen LogP contribution in [0, 0.1) is 0 Å². The summed E-state index contributed by atoms with van der Waals surface area (Å²) in [6.45, 7) is 0. The molecular weight excluding hydrogens is 232 g/mol. The molecular formula is C17H18N2. The summed E-state index contributed by atoms with van der Waals surface area (Å²) in [6, 6.07) is 18.9. The highest BCUT2D eigenvalue weighted by Crippen LogP contribution is 2.22. The molecule has 2 nitrogen and oxygen atoms in total. The standard InChI is InChI=1S/C17H18N2/c1-19(15-10-3-2-4-11-15)18-17-13-7-9-14-8-5-6-12-16(14)17/h2-6,8,10-12H,7,9,13H2,1H3. The van der Waals surface area contributed by atoms with E-state index in [0.29, 0.717) is 0 Å². The van der Waals surface area contributed by atoms with Crippen LogP contribution in [0.25, 0.3) is 0 Å². The highest BCUT2D eigenvalue weighted by Gasteiger charge is 2.15. The third kappa shape index (κ3) is 2.53. The van der Waals surface area contributed by atoms with Gasteiger partial charge in [-0.2, -0.15) is 5.10 Å². The lowest BCUT2D eigenvalue weighted by atomic mass is 9.90. The largest absolute Gasteiger partial charge is 0.268 e. The van der Waals surface area contributed by atoms with Gasteiger partial charge in [0.05, 0.1) is 11.4 Å². The van der Waals surface area contributed by atoms with Crippen LogP contribution in [-0.4, -0.2) is 12.8 Å². The highest BCUT2D eigenvalue weighted by atomic mass is 15.4. The predicted octanol–water partition coefficient (Wildman–Crippen LogP) is 3.86. The number of fused-ring (bicyclic) bond motifs is 1. The van der Waals surface area contributed by atoms with Crippen LogP contribution in [0.3, 0.4) is 0 Å². The topological polar surface area (TPSA) is 15.6 Å². The second-order valence-electron chi connectivity index (χ2n) is 4.92. The maximum atomic E-state index is 4.80. The van der Waals surface area contributed by atoms with Crippen molar-refractivity contribution in [2.75, 3.05) is 12.1 Å². The summed E-state index contributed by atoms with van der Waals surface area (Å²) in [5, 5.41) is 6.77. The quantitative estimate of drug-likeness (QED) is 0.739. The van der Waals surface area contributed by atoms with Crippen molar-refractivity contribution in [1.29, 1.82) is 0 Å². The monoisotopic (exact) mass is 250 g/mol. The second kappa shape index (κ2) is 5.27. The number of hydrazone groups is 1. The van der Waals surface area contributed by atoms with Gasteiger partial charge in [0.2, 0.25) is 0 Å². The van der Waals surface area contributed by atoms with E-state index in [2.05, 4.69) is 36.4 Å². The normalized spacial score (nSPS) is 16.2. The second-order valence-corrected chi connectivity index (χ2v) is 4.92. The van der Waals surface area contributed by atoms with Crippen LogP contribution in [0.1, 0.15) is 24.0 Å². The van der Waals surface area contributed by atoms with Crippen LogP contribution >= 0.6 is 0 Å². The molecule has 0 atom stereocenters. The molecule has 0 aliphatic heterocycles. The molecule has 1 aliphatic carbocycles. The van der Waals surface area contributed by atoms with Crippen molar-refractivity contribution in [3.63, 3.8) is 0 Å². The first-order valence-electron chi connectivity index (χ1n) is 6.79. The van der Waals surface area contributed by atoms with E-state index in [-0.39, 0.29) is 0 Å². The van der Waals surface area contributed by atoms with Crippen molar-refractivity contribution in [3.05, 3.63) is 65.7 Å². The van der Waals surface area contributed by atoms with Gasteiger partial charge in [0.25, 0.3) is 0 Å². The first-order valence-corrected chi connectivity index (χ1v) is 6.79. The SMILES string of the molecule is CN(N=C1CCCc2ccccc21)c1ccccc1. The molecule has 2 aromatic rings. The lowest BCUT2D eigenvalue weighted by Gasteiger charge is -2.21. The Morgan fingerprint density at radius 2 is 1.63 bits per heavy atom. The molecule has 0 saturated heterocycles. The molecule has 0 fully saturated rings. The Labute approximate surface area is 114 Å². The molecule has 2 aromatic carbocycles. The molecule has 0 bridgehead atoms. The third-order valence-electron chi connectivity index (χ3n) is 3.59. The van der Waals surface area contributed by atoms with Crippen LogP contribution < -0.4 is 5.01 Å². The molecule has 0 unspecified atom stereocenters. The van der Waals surface area contributed by atoms with Crippen LogP contribution in [-0.2, 0) is 6.42 Å². The minimum Gasteiger partial charge on any atom is -0.268 e. The summed E-state index contributed by atoms with van der Waals surface area (Å²) >= 11 is 0. The zero-order valence-electron chi connectivity index (χ0n) is 11.2. The van der Waals surface area contributed by atoms with Crippen molar-refractivity contribution in [3.8, 4) is 0 Å². The summed E-state index contributed by atoms with van der Waals surface area (Å²) in [4.78, 5) is 0. The van der Waals surface area contributed by atoms with E-state index >= 15 is 0 Å². The lowest BCUT2D eigenvalue weighted by molar-refractivity contribution is 0.829. The van der Waals surface area contributed by atoms with Crippen molar-refractivity contribution in [1.82, 2.24) is 0 Å². The minimum absolute atomic E-state index is 1.06. The first kappa shape index (κ1) is 12.0. The van der Waals surface area contributed by atoms with E-state index in [4.69, 9.17) is 5.10 Å². The van der Waals surface area contributed by atoms with Gasteiger partial charge in [0.15, 0.2) is 0 Å². The Hall–Kier alpha value is -2.09. The summed E-state index contributed by atoms with van der Waals surface area (Å²) in [7, 11) is 2.01. The lowest BCUT2D eigenvalue weighted by Crippen LogP contribution is -2.18. The maximum Gasteiger partial charge on any atom is 0.0684 e. The zero-order chi connectivity index (χ0) is 13.1. The molecule has 2 heteroatoms. The number of benzene rings is 2. The molecule has 0 spiro atoms. The molecule has 96 valence electrons. The van der Waals surface area contributed by atoms with Crippen molar-refractivity contribution in [2.24, 2.45) is 5.10 Å². The molecule has 1 aliphatic rings. The summed E-state index contributed by atoms with van der Waals surface area (Å²) in [6.07, 6.45) is 3.43. The smallest absolute Gasteiger partial charge is 0.0684 e. The Morgan fingerprint density at radius 3 is 2.47 bits per heavy atom. The predicted molar refractivity (Wildman–Crippen MR) is 80.8 cm³/mol. The van der Waals surface area contributed by atoms with Gasteiger partial charge >= 0.3 is 0 Å². The molecule has 0 saturated carbocycles. The van der Waals surface area contributed by atoms with Crippen molar-refractivity contribution >= 4 is 11.4 Å². The average molecular weight is 250 g/mol. The van der Waals surface area contributed by atoms with E-state index in [9.17, 15) is 0 Å². The number of aryl methyl sites for hydroxylation is 1. The highest BCUT2D eigenvalue weighted by molar-refractivity contribution is 6.03. The maximum absolute atomic E-state index is 4.80. The van der Waals surface area contributed by atoms with E-state index < -0.39 is 0 Å². The molecule has 0 aromatic heterocycles. The summed E-state index contributed by atoms with van der Waals surface area (Å²) in [5.74, 6) is 0. The number of para-hydroxylation sites is 1. The first-order chi connectivity index (χ1) is 9.34. The number of hydrogen-bond donors (Lipinski definition) is 0. The number of anilines is 1. The van der Waals surface area contributed by atoms with E-state index in [0.717, 1.165) is 12.1 Å². The molecule has 0 heterocycles.